The molecular weight excluding hydrogens is 408 g/mol. The number of fused-ring (bicyclic) bond motifs is 3. The molecule has 0 radical (unpaired) electrons. The minimum absolute atomic E-state index is 0.237. The molecule has 0 atom stereocenters. The molecule has 0 saturated carbocycles. The summed E-state index contributed by atoms with van der Waals surface area (Å²) in [6.45, 7) is 0.399. The van der Waals surface area contributed by atoms with Gasteiger partial charge in [-0.3, -0.25) is 4.79 Å². The van der Waals surface area contributed by atoms with Gasteiger partial charge in [-0.05, 0) is 18.2 Å². The lowest BCUT2D eigenvalue weighted by atomic mass is 10.2. The van der Waals surface area contributed by atoms with Crippen LogP contribution in [0.3, 0.4) is 0 Å². The zero-order chi connectivity index (χ0) is 18.4. The molecule has 0 fully saturated rings. The number of furan rings is 1. The predicted octanol–water partition coefficient (Wildman–Crippen LogP) is 4.34. The van der Waals surface area contributed by atoms with Crippen molar-refractivity contribution in [1.29, 1.82) is 0 Å². The van der Waals surface area contributed by atoms with E-state index in [9.17, 15) is 4.79 Å². The molecule has 0 unspecified atom stereocenters. The van der Waals surface area contributed by atoms with Crippen LogP contribution in [0.4, 0.5) is 0 Å². The second-order valence-electron chi connectivity index (χ2n) is 6.18. The van der Waals surface area contributed by atoms with Crippen LogP contribution in [0.2, 0.25) is 0 Å². The van der Waals surface area contributed by atoms with Crippen LogP contribution in [0.15, 0.2) is 74.6 Å². The smallest absolute Gasteiger partial charge is 0.294 e. The number of aromatic amines is 1. The average Bonchev–Trinajstić information content (AvgIpc) is 3.27. The van der Waals surface area contributed by atoms with Crippen molar-refractivity contribution in [3.63, 3.8) is 0 Å². The SMILES string of the molecule is O=c1[nH]c(Cn2ccnc2-c2ccccc2)nc2c1oc1ccc(Br)cc12. The summed E-state index contributed by atoms with van der Waals surface area (Å²) >= 11 is 3.46. The van der Waals surface area contributed by atoms with Crippen LogP contribution in [0, 0.1) is 0 Å². The Morgan fingerprint density at radius 3 is 2.85 bits per heavy atom. The van der Waals surface area contributed by atoms with E-state index in [0.29, 0.717) is 23.5 Å². The van der Waals surface area contributed by atoms with Crippen molar-refractivity contribution in [2.24, 2.45) is 0 Å². The van der Waals surface area contributed by atoms with Gasteiger partial charge in [0.1, 0.15) is 22.7 Å². The maximum atomic E-state index is 12.5. The molecule has 7 heteroatoms. The van der Waals surface area contributed by atoms with Crippen molar-refractivity contribution in [2.45, 2.75) is 6.54 Å². The van der Waals surface area contributed by atoms with E-state index >= 15 is 0 Å². The lowest BCUT2D eigenvalue weighted by Gasteiger charge is -2.07. The van der Waals surface area contributed by atoms with E-state index < -0.39 is 0 Å². The summed E-state index contributed by atoms with van der Waals surface area (Å²) in [7, 11) is 0. The molecule has 5 rings (SSSR count). The van der Waals surface area contributed by atoms with Crippen molar-refractivity contribution in [3.05, 3.63) is 81.6 Å². The van der Waals surface area contributed by atoms with Crippen LogP contribution in [0.1, 0.15) is 5.82 Å². The molecule has 2 aromatic carbocycles. The van der Waals surface area contributed by atoms with Crippen LogP contribution in [-0.2, 0) is 6.54 Å². The van der Waals surface area contributed by atoms with Crippen molar-refractivity contribution in [1.82, 2.24) is 19.5 Å². The van der Waals surface area contributed by atoms with E-state index in [1.807, 2.05) is 59.3 Å². The number of hydrogen-bond donors (Lipinski definition) is 1. The molecule has 6 nitrogen and oxygen atoms in total. The third kappa shape index (κ3) is 2.76. The zero-order valence-corrected chi connectivity index (χ0v) is 15.6. The number of benzene rings is 2. The largest absolute Gasteiger partial charge is 0.449 e. The lowest BCUT2D eigenvalue weighted by molar-refractivity contribution is 0.656. The molecule has 0 aliphatic heterocycles. The summed E-state index contributed by atoms with van der Waals surface area (Å²) in [6, 6.07) is 15.5. The Labute approximate surface area is 161 Å². The number of halogens is 1. The fourth-order valence-electron chi connectivity index (χ4n) is 3.19. The van der Waals surface area contributed by atoms with Gasteiger partial charge in [-0.15, -0.1) is 0 Å². The van der Waals surface area contributed by atoms with Crippen LogP contribution in [-0.4, -0.2) is 19.5 Å². The van der Waals surface area contributed by atoms with Gasteiger partial charge in [0.25, 0.3) is 5.56 Å². The van der Waals surface area contributed by atoms with E-state index in [1.54, 1.807) is 6.20 Å². The third-order valence-corrected chi connectivity index (χ3v) is 4.90. The molecular formula is C20H13BrN4O2. The molecule has 0 bridgehead atoms. The van der Waals surface area contributed by atoms with E-state index in [2.05, 4.69) is 30.9 Å². The molecule has 3 heterocycles. The van der Waals surface area contributed by atoms with Crippen molar-refractivity contribution in [3.8, 4) is 11.4 Å². The van der Waals surface area contributed by atoms with Gasteiger partial charge in [0.05, 0.1) is 6.54 Å². The van der Waals surface area contributed by atoms with Crippen LogP contribution in [0.25, 0.3) is 33.5 Å². The summed E-state index contributed by atoms with van der Waals surface area (Å²) in [5, 5.41) is 0.806. The van der Waals surface area contributed by atoms with E-state index in [4.69, 9.17) is 4.42 Å². The van der Waals surface area contributed by atoms with Gasteiger partial charge in [0.2, 0.25) is 5.58 Å². The van der Waals surface area contributed by atoms with Gasteiger partial charge >= 0.3 is 0 Å². The topological polar surface area (TPSA) is 76.7 Å². The number of nitrogens with zero attached hydrogens (tertiary/aromatic N) is 3. The Hall–Kier alpha value is -3.19. The fraction of sp³-hybridized carbons (Fsp3) is 0.0500. The van der Waals surface area contributed by atoms with E-state index in [1.165, 1.54) is 0 Å². The first-order valence-electron chi connectivity index (χ1n) is 8.36. The Kier molecular flexibility index (Phi) is 3.68. The summed E-state index contributed by atoms with van der Waals surface area (Å²) in [4.78, 5) is 24.4. The first-order chi connectivity index (χ1) is 13.2. The summed E-state index contributed by atoms with van der Waals surface area (Å²) in [5.74, 6) is 1.36. The second kappa shape index (κ2) is 6.21. The maximum Gasteiger partial charge on any atom is 0.294 e. The minimum atomic E-state index is -0.288. The zero-order valence-electron chi connectivity index (χ0n) is 14.0. The average molecular weight is 421 g/mol. The lowest BCUT2D eigenvalue weighted by Crippen LogP contribution is -2.14. The first-order valence-corrected chi connectivity index (χ1v) is 9.16. The summed E-state index contributed by atoms with van der Waals surface area (Å²) < 4.78 is 8.54. The Balaban J connectivity index is 1.63. The van der Waals surface area contributed by atoms with Gasteiger partial charge in [-0.2, -0.15) is 0 Å². The van der Waals surface area contributed by atoms with E-state index in [0.717, 1.165) is 21.2 Å². The van der Waals surface area contributed by atoms with Crippen LogP contribution in [0.5, 0.6) is 0 Å². The number of rotatable bonds is 3. The standard InChI is InChI=1S/C20H13BrN4O2/c21-13-6-7-15-14(10-13)17-18(27-15)20(26)24-16(23-17)11-25-9-8-22-19(25)12-4-2-1-3-5-12/h1-10H,11H2,(H,23,24,26). The number of imidazole rings is 1. The van der Waals surface area contributed by atoms with Crippen LogP contribution >= 0.6 is 15.9 Å². The number of H-pyrrole nitrogens is 1. The normalized spacial score (nSPS) is 11.4. The second-order valence-corrected chi connectivity index (χ2v) is 7.09. The molecule has 0 spiro atoms. The quantitative estimate of drug-likeness (QED) is 0.470. The maximum absolute atomic E-state index is 12.5. The van der Waals surface area contributed by atoms with Gasteiger partial charge in [-0.25, -0.2) is 9.97 Å². The molecule has 0 aliphatic carbocycles. The Bertz CT molecular complexity index is 1330. The number of aromatic nitrogens is 4. The van der Waals surface area contributed by atoms with Crippen molar-refractivity contribution >= 4 is 38.0 Å². The molecule has 5 aromatic rings. The molecule has 27 heavy (non-hydrogen) atoms. The Morgan fingerprint density at radius 2 is 2.00 bits per heavy atom. The van der Waals surface area contributed by atoms with Gasteiger partial charge in [-0.1, -0.05) is 46.3 Å². The highest BCUT2D eigenvalue weighted by Crippen LogP contribution is 2.28. The molecule has 3 aromatic heterocycles. The van der Waals surface area contributed by atoms with Crippen LogP contribution < -0.4 is 5.56 Å². The molecule has 132 valence electrons. The van der Waals surface area contributed by atoms with Crippen molar-refractivity contribution in [2.75, 3.05) is 0 Å². The van der Waals surface area contributed by atoms with Crippen molar-refractivity contribution < 1.29 is 4.42 Å². The third-order valence-electron chi connectivity index (χ3n) is 4.40. The molecule has 1 N–H and O–H groups in total. The fourth-order valence-corrected chi connectivity index (χ4v) is 3.55. The highest BCUT2D eigenvalue weighted by Gasteiger charge is 2.15. The number of nitrogens with one attached hydrogen (secondary N) is 1. The highest BCUT2D eigenvalue weighted by atomic mass is 79.9. The molecule has 0 saturated heterocycles. The Morgan fingerprint density at radius 1 is 1.15 bits per heavy atom. The summed E-state index contributed by atoms with van der Waals surface area (Å²) in [6.07, 6.45) is 3.61. The van der Waals surface area contributed by atoms with Gasteiger partial charge < -0.3 is 14.0 Å². The van der Waals surface area contributed by atoms with E-state index in [-0.39, 0.29) is 11.1 Å². The summed E-state index contributed by atoms with van der Waals surface area (Å²) in [5.41, 5.74) is 2.15. The van der Waals surface area contributed by atoms with Gasteiger partial charge in [0, 0.05) is 27.8 Å². The minimum Gasteiger partial charge on any atom is -0.449 e. The highest BCUT2D eigenvalue weighted by molar-refractivity contribution is 9.10. The number of hydrogen-bond acceptors (Lipinski definition) is 4. The first kappa shape index (κ1) is 16.0. The van der Waals surface area contributed by atoms with Gasteiger partial charge in [0.15, 0.2) is 0 Å². The predicted molar refractivity (Wildman–Crippen MR) is 107 cm³/mol. The monoisotopic (exact) mass is 420 g/mol. The molecule has 0 amide bonds. The molecule has 0 aliphatic rings.